The van der Waals surface area contributed by atoms with Gasteiger partial charge in [-0.25, -0.2) is 0 Å². The minimum Gasteiger partial charge on any atom is -0.301 e. The highest BCUT2D eigenvalue weighted by Crippen LogP contribution is 2.15. The van der Waals surface area contributed by atoms with Gasteiger partial charge < -0.3 is 4.57 Å². The van der Waals surface area contributed by atoms with Gasteiger partial charge in [-0.15, -0.1) is 11.3 Å². The number of thiazole rings is 1. The smallest absolute Gasteiger partial charge is 0.268 e. The Morgan fingerprint density at radius 2 is 2.17 bits per heavy atom. The summed E-state index contributed by atoms with van der Waals surface area (Å²) < 4.78 is 3.69. The van der Waals surface area contributed by atoms with Crippen LogP contribution in [-0.2, 0) is 7.05 Å². The average molecular weight is 321 g/mol. The zero-order chi connectivity index (χ0) is 13.1. The first-order valence-electron chi connectivity index (χ1n) is 5.15. The maximum Gasteiger partial charge on any atom is 0.268 e. The molecule has 0 unspecified atom stereocenters. The molecule has 0 radical (unpaired) electrons. The van der Waals surface area contributed by atoms with Crippen molar-refractivity contribution in [2.45, 2.75) is 0 Å². The van der Waals surface area contributed by atoms with E-state index >= 15 is 0 Å². The number of rotatable bonds is 1. The van der Waals surface area contributed by atoms with Gasteiger partial charge in [-0.3, -0.25) is 4.79 Å². The molecule has 2 rings (SSSR count). The zero-order valence-corrected chi connectivity index (χ0v) is 12.0. The van der Waals surface area contributed by atoms with Gasteiger partial charge >= 0.3 is 0 Å². The molecule has 1 aromatic heterocycles. The third-order valence-electron chi connectivity index (χ3n) is 2.44. The highest BCUT2D eigenvalue weighted by Gasteiger charge is 2.01. The molecule has 90 valence electrons. The Morgan fingerprint density at radius 1 is 1.44 bits per heavy atom. The molecule has 18 heavy (non-hydrogen) atoms. The zero-order valence-electron chi connectivity index (χ0n) is 9.55. The molecule has 0 bridgehead atoms. The van der Waals surface area contributed by atoms with Crippen LogP contribution in [0.3, 0.4) is 0 Å². The van der Waals surface area contributed by atoms with Crippen LogP contribution in [0.1, 0.15) is 5.56 Å². The summed E-state index contributed by atoms with van der Waals surface area (Å²) in [5, 5.41) is 8.65. The van der Waals surface area contributed by atoms with Gasteiger partial charge in [0.15, 0.2) is 0 Å². The predicted molar refractivity (Wildman–Crippen MR) is 76.6 cm³/mol. The SMILES string of the molecule is Cn1c(=O)/c(=C\c2ccccc2Br)s/c1=C\C#N. The van der Waals surface area contributed by atoms with Crippen molar-refractivity contribution in [3.63, 3.8) is 0 Å². The summed E-state index contributed by atoms with van der Waals surface area (Å²) in [4.78, 5) is 12.0. The number of hydrogen-bond acceptors (Lipinski definition) is 3. The number of benzene rings is 1. The summed E-state index contributed by atoms with van der Waals surface area (Å²) >= 11 is 4.75. The Morgan fingerprint density at radius 3 is 2.83 bits per heavy atom. The van der Waals surface area contributed by atoms with E-state index in [9.17, 15) is 4.79 Å². The summed E-state index contributed by atoms with van der Waals surface area (Å²) in [5.74, 6) is 0. The molecule has 0 aliphatic rings. The van der Waals surface area contributed by atoms with Crippen LogP contribution in [0.5, 0.6) is 0 Å². The van der Waals surface area contributed by atoms with Crippen LogP contribution < -0.4 is 14.8 Å². The molecule has 0 amide bonds. The molecule has 0 aliphatic carbocycles. The van der Waals surface area contributed by atoms with Crippen molar-refractivity contribution in [1.82, 2.24) is 4.57 Å². The van der Waals surface area contributed by atoms with E-state index < -0.39 is 0 Å². The maximum absolute atomic E-state index is 12.0. The molecule has 5 heteroatoms. The van der Waals surface area contributed by atoms with Crippen molar-refractivity contribution < 1.29 is 0 Å². The number of nitriles is 1. The van der Waals surface area contributed by atoms with E-state index in [2.05, 4.69) is 15.9 Å². The first kappa shape index (κ1) is 12.8. The standard InChI is InChI=1S/C13H9BrN2OS/c1-16-12(6-7-15)18-11(13(16)17)8-9-4-2-3-5-10(9)14/h2-6,8H,1H3/b11-8+,12-6-. The number of nitrogens with zero attached hydrogens (tertiary/aromatic N) is 2. The maximum atomic E-state index is 12.0. The summed E-state index contributed by atoms with van der Waals surface area (Å²) in [6.45, 7) is 0. The third kappa shape index (κ3) is 2.45. The van der Waals surface area contributed by atoms with Crippen molar-refractivity contribution in [3.05, 3.63) is 53.9 Å². The van der Waals surface area contributed by atoms with E-state index in [0.29, 0.717) is 9.20 Å². The van der Waals surface area contributed by atoms with Crippen LogP contribution in [0, 0.1) is 11.3 Å². The minimum atomic E-state index is -0.0859. The average Bonchev–Trinajstić information content (AvgIpc) is 2.61. The van der Waals surface area contributed by atoms with Gasteiger partial charge in [0.25, 0.3) is 5.56 Å². The second-order valence-electron chi connectivity index (χ2n) is 3.61. The summed E-state index contributed by atoms with van der Waals surface area (Å²) in [7, 11) is 1.67. The van der Waals surface area contributed by atoms with Crippen LogP contribution in [0.25, 0.3) is 12.2 Å². The van der Waals surface area contributed by atoms with E-state index in [1.54, 1.807) is 7.05 Å². The highest BCUT2D eigenvalue weighted by molar-refractivity contribution is 9.10. The van der Waals surface area contributed by atoms with Gasteiger partial charge in [0, 0.05) is 17.6 Å². The molecule has 0 aliphatic heterocycles. The fourth-order valence-corrected chi connectivity index (χ4v) is 2.86. The number of hydrogen-bond donors (Lipinski definition) is 0. The Hall–Kier alpha value is -1.64. The van der Waals surface area contributed by atoms with Crippen molar-refractivity contribution in [3.8, 4) is 6.07 Å². The Labute approximate surface area is 116 Å². The molecule has 0 fully saturated rings. The first-order chi connectivity index (χ1) is 8.63. The lowest BCUT2D eigenvalue weighted by Gasteiger charge is -1.94. The molecule has 0 N–H and O–H groups in total. The van der Waals surface area contributed by atoms with Crippen molar-refractivity contribution in [2.24, 2.45) is 7.05 Å². The number of aromatic nitrogens is 1. The van der Waals surface area contributed by atoms with Gasteiger partial charge in [-0.2, -0.15) is 5.26 Å². The van der Waals surface area contributed by atoms with Gasteiger partial charge in [0.05, 0.1) is 10.6 Å². The summed E-state index contributed by atoms with van der Waals surface area (Å²) in [6.07, 6.45) is 3.20. The van der Waals surface area contributed by atoms with Crippen molar-refractivity contribution in [1.29, 1.82) is 5.26 Å². The monoisotopic (exact) mass is 320 g/mol. The lowest BCUT2D eigenvalue weighted by atomic mass is 10.2. The lowest BCUT2D eigenvalue weighted by Crippen LogP contribution is -2.28. The van der Waals surface area contributed by atoms with E-state index in [0.717, 1.165) is 10.0 Å². The number of halogens is 1. The van der Waals surface area contributed by atoms with Crippen LogP contribution in [-0.4, -0.2) is 4.57 Å². The van der Waals surface area contributed by atoms with E-state index in [4.69, 9.17) is 5.26 Å². The fourth-order valence-electron chi connectivity index (χ4n) is 1.50. The molecule has 3 nitrogen and oxygen atoms in total. The van der Waals surface area contributed by atoms with Crippen LogP contribution in [0.2, 0.25) is 0 Å². The molecule has 0 spiro atoms. The van der Waals surface area contributed by atoms with Crippen molar-refractivity contribution >= 4 is 39.4 Å². The highest BCUT2D eigenvalue weighted by atomic mass is 79.9. The Kier molecular flexibility index (Phi) is 3.80. The van der Waals surface area contributed by atoms with Gasteiger partial charge in [0.1, 0.15) is 4.66 Å². The van der Waals surface area contributed by atoms with Crippen LogP contribution in [0.15, 0.2) is 33.5 Å². The second-order valence-corrected chi connectivity index (χ2v) is 5.52. The van der Waals surface area contributed by atoms with Gasteiger partial charge in [-0.1, -0.05) is 34.1 Å². The molecular formula is C13H9BrN2OS. The quantitative estimate of drug-likeness (QED) is 0.796. The minimum absolute atomic E-state index is 0.0859. The molecule has 0 saturated heterocycles. The second kappa shape index (κ2) is 5.34. The lowest BCUT2D eigenvalue weighted by molar-refractivity contribution is 0.857. The summed E-state index contributed by atoms with van der Waals surface area (Å²) in [6, 6.07) is 9.63. The molecule has 1 aromatic carbocycles. The molecular weight excluding hydrogens is 312 g/mol. The fraction of sp³-hybridized carbons (Fsp3) is 0.0769. The van der Waals surface area contributed by atoms with Crippen LogP contribution >= 0.6 is 27.3 Å². The van der Waals surface area contributed by atoms with E-state index in [1.807, 2.05) is 36.4 Å². The van der Waals surface area contributed by atoms with Gasteiger partial charge in [0.2, 0.25) is 0 Å². The van der Waals surface area contributed by atoms with E-state index in [-0.39, 0.29) is 5.56 Å². The first-order valence-corrected chi connectivity index (χ1v) is 6.76. The molecule has 1 heterocycles. The normalized spacial score (nSPS) is 12.7. The predicted octanol–water partition coefficient (Wildman–Crippen LogP) is 1.34. The molecule has 0 atom stereocenters. The summed E-state index contributed by atoms with van der Waals surface area (Å²) in [5.41, 5.74) is 0.859. The topological polar surface area (TPSA) is 45.8 Å². The Bertz CT molecular complexity index is 796. The Balaban J connectivity index is 2.72. The van der Waals surface area contributed by atoms with Crippen molar-refractivity contribution in [2.75, 3.05) is 0 Å². The largest absolute Gasteiger partial charge is 0.301 e. The molecule has 0 saturated carbocycles. The van der Waals surface area contributed by atoms with Gasteiger partial charge in [-0.05, 0) is 17.7 Å². The van der Waals surface area contributed by atoms with E-state index in [1.165, 1.54) is 22.0 Å². The third-order valence-corrected chi connectivity index (χ3v) is 4.28. The van der Waals surface area contributed by atoms with Crippen LogP contribution in [0.4, 0.5) is 0 Å². The molecule has 2 aromatic rings.